The lowest BCUT2D eigenvalue weighted by molar-refractivity contribution is 0.298. The molecule has 1 aromatic rings. The molecule has 0 radical (unpaired) electrons. The molecule has 114 valence electrons. The van der Waals surface area contributed by atoms with Gasteiger partial charge in [0.25, 0.3) is 0 Å². The second kappa shape index (κ2) is 7.06. The monoisotopic (exact) mass is 301 g/mol. The molecule has 6 heteroatoms. The number of hydrogen-bond acceptors (Lipinski definition) is 4. The third-order valence-electron chi connectivity index (χ3n) is 3.12. The molecule has 0 aliphatic rings. The summed E-state index contributed by atoms with van der Waals surface area (Å²) < 4.78 is 32.0. The van der Waals surface area contributed by atoms with Crippen LogP contribution in [0.3, 0.4) is 0 Å². The van der Waals surface area contributed by atoms with E-state index in [1.807, 2.05) is 20.8 Å². The topological polar surface area (TPSA) is 66.8 Å². The normalized spacial score (nSPS) is 12.2. The Morgan fingerprint density at radius 3 is 2.45 bits per heavy atom. The van der Waals surface area contributed by atoms with Crippen LogP contribution in [0.1, 0.15) is 26.3 Å². The Balaban J connectivity index is 3.36. The highest BCUT2D eigenvalue weighted by Crippen LogP contribution is 2.26. The summed E-state index contributed by atoms with van der Waals surface area (Å²) in [5.74, 6) is 0.583. The summed E-state index contributed by atoms with van der Waals surface area (Å²) in [6.07, 6.45) is 0.279. The van der Waals surface area contributed by atoms with Crippen LogP contribution in [0, 0.1) is 0 Å². The minimum atomic E-state index is -3.56. The van der Waals surface area contributed by atoms with Crippen molar-refractivity contribution in [3.8, 4) is 5.75 Å². The summed E-state index contributed by atoms with van der Waals surface area (Å²) in [4.78, 5) is 0.239. The molecule has 0 unspecified atom stereocenters. The lowest BCUT2D eigenvalue weighted by atomic mass is 10.1. The van der Waals surface area contributed by atoms with E-state index in [9.17, 15) is 8.42 Å². The molecule has 0 heterocycles. The fraction of sp³-hybridized carbons (Fsp3) is 0.571. The van der Waals surface area contributed by atoms with Gasteiger partial charge in [-0.3, -0.25) is 0 Å². The fourth-order valence-corrected chi connectivity index (χ4v) is 4.07. The van der Waals surface area contributed by atoms with E-state index in [0.29, 0.717) is 17.9 Å². The zero-order valence-corrected chi connectivity index (χ0v) is 13.3. The van der Waals surface area contributed by atoms with Gasteiger partial charge in [0.2, 0.25) is 10.0 Å². The van der Waals surface area contributed by atoms with Gasteiger partial charge in [-0.2, -0.15) is 4.31 Å². The lowest BCUT2D eigenvalue weighted by Crippen LogP contribution is -2.37. The van der Waals surface area contributed by atoms with Gasteiger partial charge >= 0.3 is 0 Å². The van der Waals surface area contributed by atoms with Gasteiger partial charge in [0.15, 0.2) is 0 Å². The molecule has 0 amide bonds. The maximum Gasteiger partial charge on any atom is 0.243 e. The van der Waals surface area contributed by atoms with Crippen molar-refractivity contribution in [3.63, 3.8) is 0 Å². The highest BCUT2D eigenvalue weighted by Gasteiger charge is 2.27. The van der Waals surface area contributed by atoms with Crippen molar-refractivity contribution >= 4 is 10.0 Å². The van der Waals surface area contributed by atoms with Gasteiger partial charge in [0.1, 0.15) is 5.75 Å². The molecule has 0 atom stereocenters. The first kappa shape index (κ1) is 16.9. The second-order valence-electron chi connectivity index (χ2n) is 4.75. The number of ether oxygens (including phenoxy) is 1. The Kier molecular flexibility index (Phi) is 5.98. The van der Waals surface area contributed by atoms with Gasteiger partial charge in [-0.25, -0.2) is 8.42 Å². The van der Waals surface area contributed by atoms with E-state index in [4.69, 9.17) is 9.84 Å². The molecule has 0 aromatic heterocycles. The van der Waals surface area contributed by atoms with Crippen molar-refractivity contribution in [1.82, 2.24) is 4.31 Å². The smallest absolute Gasteiger partial charge is 0.243 e. The standard InChI is InChI=1S/C14H23NO4S/c1-5-15(11(2)3)20(17,18)14-7-6-13(19-4)10-12(14)8-9-16/h6-7,10-11,16H,5,8-9H2,1-4H3. The Morgan fingerprint density at radius 2 is 2.00 bits per heavy atom. The number of benzene rings is 1. The number of rotatable bonds is 7. The maximum atomic E-state index is 12.7. The second-order valence-corrected chi connectivity index (χ2v) is 6.61. The van der Waals surface area contributed by atoms with Crippen molar-refractivity contribution in [2.45, 2.75) is 38.1 Å². The molecule has 0 saturated carbocycles. The highest BCUT2D eigenvalue weighted by molar-refractivity contribution is 7.89. The fourth-order valence-electron chi connectivity index (χ4n) is 2.19. The molecule has 0 saturated heterocycles. The summed E-state index contributed by atoms with van der Waals surface area (Å²) in [7, 11) is -2.04. The van der Waals surface area contributed by atoms with E-state index in [1.54, 1.807) is 18.2 Å². The molecule has 1 N–H and O–H groups in total. The molecular weight excluding hydrogens is 278 g/mol. The van der Waals surface area contributed by atoms with Gasteiger partial charge in [-0.15, -0.1) is 0 Å². The van der Waals surface area contributed by atoms with Crippen molar-refractivity contribution in [2.75, 3.05) is 20.3 Å². The Labute approximate surface area is 121 Å². The average Bonchev–Trinajstić information content (AvgIpc) is 2.38. The molecular formula is C14H23NO4S. The molecule has 1 aromatic carbocycles. The summed E-state index contributed by atoms with van der Waals surface area (Å²) >= 11 is 0. The molecule has 0 bridgehead atoms. The van der Waals surface area contributed by atoms with Crippen molar-refractivity contribution in [1.29, 1.82) is 0 Å². The van der Waals surface area contributed by atoms with Crippen LogP contribution in [-0.4, -0.2) is 44.1 Å². The first-order chi connectivity index (χ1) is 9.38. The van der Waals surface area contributed by atoms with E-state index in [-0.39, 0.29) is 24.0 Å². The quantitative estimate of drug-likeness (QED) is 0.831. The molecule has 5 nitrogen and oxygen atoms in total. The molecule has 0 aliphatic carbocycles. The molecule has 0 aliphatic heterocycles. The van der Waals surface area contributed by atoms with Crippen LogP contribution in [0.4, 0.5) is 0 Å². The third kappa shape index (κ3) is 3.50. The van der Waals surface area contributed by atoms with Gasteiger partial charge in [-0.1, -0.05) is 6.92 Å². The minimum absolute atomic E-state index is 0.108. The zero-order chi connectivity index (χ0) is 15.3. The Morgan fingerprint density at radius 1 is 1.35 bits per heavy atom. The maximum absolute atomic E-state index is 12.7. The summed E-state index contributed by atoms with van der Waals surface area (Å²) in [6.45, 7) is 5.80. The van der Waals surface area contributed by atoms with Crippen LogP contribution in [0.5, 0.6) is 5.75 Å². The van der Waals surface area contributed by atoms with Crippen molar-refractivity contribution in [3.05, 3.63) is 23.8 Å². The van der Waals surface area contributed by atoms with Crippen LogP contribution < -0.4 is 4.74 Å². The molecule has 20 heavy (non-hydrogen) atoms. The first-order valence-corrected chi connectivity index (χ1v) is 8.12. The van der Waals surface area contributed by atoms with Crippen LogP contribution in [-0.2, 0) is 16.4 Å². The number of aliphatic hydroxyl groups excluding tert-OH is 1. The molecule has 0 fully saturated rings. The summed E-state index contributed by atoms with van der Waals surface area (Å²) in [5.41, 5.74) is 0.575. The van der Waals surface area contributed by atoms with E-state index in [2.05, 4.69) is 0 Å². The summed E-state index contributed by atoms with van der Waals surface area (Å²) in [6, 6.07) is 4.72. The lowest BCUT2D eigenvalue weighted by Gasteiger charge is -2.25. The molecule has 1 rings (SSSR count). The predicted octanol–water partition coefficient (Wildman–Crippen LogP) is 1.65. The Bertz CT molecular complexity index is 540. The van der Waals surface area contributed by atoms with E-state index in [1.165, 1.54) is 11.4 Å². The van der Waals surface area contributed by atoms with Crippen LogP contribution >= 0.6 is 0 Å². The minimum Gasteiger partial charge on any atom is -0.497 e. The van der Waals surface area contributed by atoms with Crippen LogP contribution in [0.15, 0.2) is 23.1 Å². The number of aliphatic hydroxyl groups is 1. The average molecular weight is 301 g/mol. The SMILES string of the molecule is CCN(C(C)C)S(=O)(=O)c1ccc(OC)cc1CCO. The zero-order valence-electron chi connectivity index (χ0n) is 12.5. The molecule has 0 spiro atoms. The predicted molar refractivity (Wildman–Crippen MR) is 78.5 cm³/mol. The van der Waals surface area contributed by atoms with Crippen molar-refractivity contribution < 1.29 is 18.3 Å². The summed E-state index contributed by atoms with van der Waals surface area (Å²) in [5, 5.41) is 9.13. The third-order valence-corrected chi connectivity index (χ3v) is 5.37. The van der Waals surface area contributed by atoms with Gasteiger partial charge in [-0.05, 0) is 44.0 Å². The largest absolute Gasteiger partial charge is 0.497 e. The number of methoxy groups -OCH3 is 1. The number of nitrogens with zero attached hydrogens (tertiary/aromatic N) is 1. The van der Waals surface area contributed by atoms with Gasteiger partial charge in [0.05, 0.1) is 12.0 Å². The van der Waals surface area contributed by atoms with E-state index in [0.717, 1.165) is 0 Å². The van der Waals surface area contributed by atoms with Gasteiger partial charge < -0.3 is 9.84 Å². The Hall–Kier alpha value is -1.11. The van der Waals surface area contributed by atoms with Crippen molar-refractivity contribution in [2.24, 2.45) is 0 Å². The van der Waals surface area contributed by atoms with Crippen LogP contribution in [0.2, 0.25) is 0 Å². The van der Waals surface area contributed by atoms with E-state index < -0.39 is 10.0 Å². The first-order valence-electron chi connectivity index (χ1n) is 6.68. The van der Waals surface area contributed by atoms with Gasteiger partial charge in [0, 0.05) is 19.2 Å². The number of sulfonamides is 1. The number of hydrogen-bond donors (Lipinski definition) is 1. The highest BCUT2D eigenvalue weighted by atomic mass is 32.2. The van der Waals surface area contributed by atoms with Crippen LogP contribution in [0.25, 0.3) is 0 Å². The van der Waals surface area contributed by atoms with E-state index >= 15 is 0 Å².